The molecule has 1 aromatic rings. The average molecular weight is 326 g/mol. The van der Waals surface area contributed by atoms with E-state index in [0.717, 1.165) is 19.0 Å². The van der Waals surface area contributed by atoms with Crippen molar-refractivity contribution >= 4 is 17.5 Å². The number of amides is 1. The van der Waals surface area contributed by atoms with Crippen molar-refractivity contribution in [2.75, 3.05) is 19.6 Å². The standard InChI is InChI=1S/C17H28ClN3O/c1-12(2)16(21-7-5-13(3)6-8-21)10-19-17(22)15-9-14(18)11-20(15)4/h9,11-13,16H,5-8,10H2,1-4H3,(H,19,22). The number of aromatic nitrogens is 1. The Hall–Kier alpha value is -1.00. The molecule has 1 aliphatic heterocycles. The lowest BCUT2D eigenvalue weighted by Gasteiger charge is -2.38. The van der Waals surface area contributed by atoms with Gasteiger partial charge in [-0.2, -0.15) is 0 Å². The van der Waals surface area contributed by atoms with Crippen LogP contribution in [-0.4, -0.2) is 41.1 Å². The number of nitrogens with one attached hydrogen (secondary N) is 1. The zero-order chi connectivity index (χ0) is 16.3. The third-order valence-corrected chi connectivity index (χ3v) is 4.94. The number of likely N-dealkylation sites (tertiary alicyclic amines) is 1. The van der Waals surface area contributed by atoms with Crippen LogP contribution in [0.1, 0.15) is 44.1 Å². The van der Waals surface area contributed by atoms with Gasteiger partial charge in [-0.15, -0.1) is 0 Å². The Kier molecular flexibility index (Phi) is 5.93. The maximum atomic E-state index is 12.3. The SMILES string of the molecule is CC1CCN(C(CNC(=O)c2cc(Cl)cn2C)C(C)C)CC1. The number of aryl methyl sites for hydroxylation is 1. The molecule has 1 N–H and O–H groups in total. The molecular formula is C17H28ClN3O. The van der Waals surface area contributed by atoms with E-state index in [-0.39, 0.29) is 5.91 Å². The Morgan fingerprint density at radius 1 is 1.41 bits per heavy atom. The van der Waals surface area contributed by atoms with E-state index in [4.69, 9.17) is 11.6 Å². The maximum Gasteiger partial charge on any atom is 0.268 e. The van der Waals surface area contributed by atoms with Gasteiger partial charge in [0.05, 0.1) is 5.02 Å². The summed E-state index contributed by atoms with van der Waals surface area (Å²) in [6, 6.07) is 2.11. The highest BCUT2D eigenvalue weighted by atomic mass is 35.5. The Balaban J connectivity index is 1.94. The molecule has 1 unspecified atom stereocenters. The molecule has 0 aliphatic carbocycles. The molecule has 1 fully saturated rings. The van der Waals surface area contributed by atoms with E-state index in [9.17, 15) is 4.79 Å². The van der Waals surface area contributed by atoms with Crippen LogP contribution in [0.4, 0.5) is 0 Å². The molecule has 0 saturated carbocycles. The van der Waals surface area contributed by atoms with Crippen molar-refractivity contribution in [3.05, 3.63) is 23.0 Å². The summed E-state index contributed by atoms with van der Waals surface area (Å²) in [4.78, 5) is 14.9. The van der Waals surface area contributed by atoms with Crippen molar-refractivity contribution in [3.8, 4) is 0 Å². The molecule has 22 heavy (non-hydrogen) atoms. The third-order valence-electron chi connectivity index (χ3n) is 4.73. The summed E-state index contributed by atoms with van der Waals surface area (Å²) < 4.78 is 1.77. The highest BCUT2D eigenvalue weighted by molar-refractivity contribution is 6.31. The first-order valence-electron chi connectivity index (χ1n) is 8.22. The zero-order valence-electron chi connectivity index (χ0n) is 14.1. The molecule has 4 nitrogen and oxygen atoms in total. The van der Waals surface area contributed by atoms with Gasteiger partial charge in [0, 0.05) is 25.8 Å². The summed E-state index contributed by atoms with van der Waals surface area (Å²) >= 11 is 5.95. The number of hydrogen-bond acceptors (Lipinski definition) is 2. The van der Waals surface area contributed by atoms with Crippen LogP contribution in [0.3, 0.4) is 0 Å². The van der Waals surface area contributed by atoms with Crippen LogP contribution in [-0.2, 0) is 7.05 Å². The molecule has 124 valence electrons. The first kappa shape index (κ1) is 17.4. The van der Waals surface area contributed by atoms with Gasteiger partial charge >= 0.3 is 0 Å². The second-order valence-electron chi connectivity index (χ2n) is 6.89. The summed E-state index contributed by atoms with van der Waals surface area (Å²) in [5.41, 5.74) is 0.611. The first-order chi connectivity index (χ1) is 10.4. The summed E-state index contributed by atoms with van der Waals surface area (Å²) in [5, 5.41) is 3.68. The minimum Gasteiger partial charge on any atom is -0.349 e. The van der Waals surface area contributed by atoms with E-state index < -0.39 is 0 Å². The van der Waals surface area contributed by atoms with Gasteiger partial charge in [0.1, 0.15) is 5.69 Å². The van der Waals surface area contributed by atoms with Gasteiger partial charge in [-0.25, -0.2) is 0 Å². The molecule has 0 bridgehead atoms. The van der Waals surface area contributed by atoms with Gasteiger partial charge in [-0.3, -0.25) is 9.69 Å². The number of halogens is 1. The van der Waals surface area contributed by atoms with E-state index in [2.05, 4.69) is 31.0 Å². The van der Waals surface area contributed by atoms with Crippen LogP contribution >= 0.6 is 11.6 Å². The molecule has 1 aliphatic rings. The normalized spacial score (nSPS) is 18.6. The molecular weight excluding hydrogens is 298 g/mol. The molecule has 1 amide bonds. The number of nitrogens with zero attached hydrogens (tertiary/aromatic N) is 2. The summed E-state index contributed by atoms with van der Waals surface area (Å²) in [7, 11) is 1.84. The minimum absolute atomic E-state index is 0.0505. The van der Waals surface area contributed by atoms with Crippen molar-refractivity contribution in [2.24, 2.45) is 18.9 Å². The van der Waals surface area contributed by atoms with Gasteiger partial charge < -0.3 is 9.88 Å². The Morgan fingerprint density at radius 3 is 2.55 bits per heavy atom. The first-order valence-corrected chi connectivity index (χ1v) is 8.60. The second kappa shape index (κ2) is 7.51. The topological polar surface area (TPSA) is 37.3 Å². The predicted octanol–water partition coefficient (Wildman–Crippen LogP) is 3.16. The molecule has 0 radical (unpaired) electrons. The number of rotatable bonds is 5. The monoisotopic (exact) mass is 325 g/mol. The van der Waals surface area contributed by atoms with E-state index in [1.54, 1.807) is 16.8 Å². The van der Waals surface area contributed by atoms with Crippen molar-refractivity contribution in [2.45, 2.75) is 39.7 Å². The Bertz CT molecular complexity index is 504. The van der Waals surface area contributed by atoms with Gasteiger partial charge in [0.15, 0.2) is 0 Å². The van der Waals surface area contributed by atoms with Crippen molar-refractivity contribution in [1.82, 2.24) is 14.8 Å². The highest BCUT2D eigenvalue weighted by Gasteiger charge is 2.26. The van der Waals surface area contributed by atoms with Crippen LogP contribution in [0.15, 0.2) is 12.3 Å². The van der Waals surface area contributed by atoms with Crippen molar-refractivity contribution in [1.29, 1.82) is 0 Å². The van der Waals surface area contributed by atoms with Gasteiger partial charge in [-0.1, -0.05) is 32.4 Å². The molecule has 0 aromatic carbocycles. The van der Waals surface area contributed by atoms with Crippen molar-refractivity contribution in [3.63, 3.8) is 0 Å². The van der Waals surface area contributed by atoms with E-state index in [1.807, 2.05) is 7.05 Å². The third kappa shape index (κ3) is 4.26. The lowest BCUT2D eigenvalue weighted by molar-refractivity contribution is 0.0856. The Labute approximate surface area is 138 Å². The van der Waals surface area contributed by atoms with Crippen LogP contribution in [0.25, 0.3) is 0 Å². The summed E-state index contributed by atoms with van der Waals surface area (Å²) in [5.74, 6) is 1.29. The van der Waals surface area contributed by atoms with Gasteiger partial charge in [0.2, 0.25) is 0 Å². The molecule has 2 heterocycles. The zero-order valence-corrected chi connectivity index (χ0v) is 14.9. The fraction of sp³-hybridized carbons (Fsp3) is 0.706. The lowest BCUT2D eigenvalue weighted by Crippen LogP contribution is -2.49. The number of hydrogen-bond donors (Lipinski definition) is 1. The molecule has 0 spiro atoms. The quantitative estimate of drug-likeness (QED) is 0.903. The smallest absolute Gasteiger partial charge is 0.268 e. The van der Waals surface area contributed by atoms with Gasteiger partial charge in [-0.05, 0) is 43.8 Å². The minimum atomic E-state index is -0.0505. The molecule has 2 rings (SSSR count). The molecule has 1 atom stereocenters. The van der Waals surface area contributed by atoms with Crippen LogP contribution in [0, 0.1) is 11.8 Å². The van der Waals surface area contributed by atoms with E-state index in [0.29, 0.717) is 29.2 Å². The average Bonchev–Trinajstić information content (AvgIpc) is 2.79. The number of piperidine rings is 1. The Morgan fingerprint density at radius 2 is 2.05 bits per heavy atom. The molecule has 5 heteroatoms. The number of carbonyl (C=O) groups excluding carboxylic acids is 1. The summed E-state index contributed by atoms with van der Waals surface area (Å²) in [6.07, 6.45) is 4.26. The van der Waals surface area contributed by atoms with Gasteiger partial charge in [0.25, 0.3) is 5.91 Å². The molecule has 1 saturated heterocycles. The van der Waals surface area contributed by atoms with Crippen molar-refractivity contribution < 1.29 is 4.79 Å². The largest absolute Gasteiger partial charge is 0.349 e. The lowest BCUT2D eigenvalue weighted by atomic mass is 9.94. The van der Waals surface area contributed by atoms with E-state index in [1.165, 1.54) is 12.8 Å². The van der Waals surface area contributed by atoms with Crippen LogP contribution < -0.4 is 5.32 Å². The second-order valence-corrected chi connectivity index (χ2v) is 7.33. The summed E-state index contributed by atoms with van der Waals surface area (Å²) in [6.45, 7) is 9.74. The maximum absolute atomic E-state index is 12.3. The number of carbonyl (C=O) groups is 1. The highest BCUT2D eigenvalue weighted by Crippen LogP contribution is 2.21. The molecule has 1 aromatic heterocycles. The predicted molar refractivity (Wildman–Crippen MR) is 91.4 cm³/mol. The van der Waals surface area contributed by atoms with E-state index >= 15 is 0 Å². The van der Waals surface area contributed by atoms with Crippen LogP contribution in [0.5, 0.6) is 0 Å². The fourth-order valence-electron chi connectivity index (χ4n) is 3.18. The van der Waals surface area contributed by atoms with Crippen LogP contribution in [0.2, 0.25) is 5.02 Å². The fourth-order valence-corrected chi connectivity index (χ4v) is 3.43.